The zero-order chi connectivity index (χ0) is 13.8. The van der Waals surface area contributed by atoms with E-state index in [0.717, 1.165) is 17.1 Å². The van der Waals surface area contributed by atoms with Crippen LogP contribution in [0.1, 0.15) is 5.69 Å². The van der Waals surface area contributed by atoms with Crippen LogP contribution in [-0.4, -0.2) is 29.1 Å². The molecule has 20 heavy (non-hydrogen) atoms. The summed E-state index contributed by atoms with van der Waals surface area (Å²) in [5.74, 6) is 0. The third kappa shape index (κ3) is 2.69. The average molecular weight is 269 g/mol. The van der Waals surface area contributed by atoms with Crippen LogP contribution >= 0.6 is 0 Å². The van der Waals surface area contributed by atoms with Crippen molar-refractivity contribution in [2.24, 2.45) is 0 Å². The first-order chi connectivity index (χ1) is 9.83. The number of nitrogens with one attached hydrogen (secondary N) is 2. The molecule has 1 fully saturated rings. The van der Waals surface area contributed by atoms with E-state index in [4.69, 9.17) is 0 Å². The Labute approximate surface area is 116 Å². The van der Waals surface area contributed by atoms with Gasteiger partial charge in [0.05, 0.1) is 18.4 Å². The highest BCUT2D eigenvalue weighted by Crippen LogP contribution is 2.19. The van der Waals surface area contributed by atoms with Crippen LogP contribution in [-0.2, 0) is 6.54 Å². The fourth-order valence-electron chi connectivity index (χ4n) is 2.09. The maximum Gasteiger partial charge on any atom is 0.321 e. The third-order valence-corrected chi connectivity index (χ3v) is 3.13. The van der Waals surface area contributed by atoms with Crippen LogP contribution in [0, 0.1) is 0 Å². The first kappa shape index (κ1) is 12.4. The lowest BCUT2D eigenvalue weighted by atomic mass is 10.2. The average Bonchev–Trinajstić information content (AvgIpc) is 2.93. The molecule has 1 aliphatic heterocycles. The molecule has 6 nitrogen and oxygen atoms in total. The Bertz CT molecular complexity index is 584. The van der Waals surface area contributed by atoms with Crippen molar-refractivity contribution in [3.8, 4) is 0 Å². The van der Waals surface area contributed by atoms with E-state index in [1.165, 1.54) is 0 Å². The van der Waals surface area contributed by atoms with Crippen molar-refractivity contribution in [1.82, 2.24) is 15.3 Å². The van der Waals surface area contributed by atoms with Gasteiger partial charge in [0.2, 0.25) is 0 Å². The number of hydrogen-bond donors (Lipinski definition) is 2. The van der Waals surface area contributed by atoms with Crippen LogP contribution < -0.4 is 15.5 Å². The molecular weight excluding hydrogens is 254 g/mol. The molecule has 1 aromatic heterocycles. The maximum absolute atomic E-state index is 11.6. The van der Waals surface area contributed by atoms with Gasteiger partial charge in [0, 0.05) is 36.9 Å². The number of rotatable bonds is 4. The highest BCUT2D eigenvalue weighted by Gasteiger charge is 2.20. The van der Waals surface area contributed by atoms with E-state index in [1.54, 1.807) is 23.5 Å². The first-order valence-corrected chi connectivity index (χ1v) is 6.47. The highest BCUT2D eigenvalue weighted by atomic mass is 16.2. The molecule has 2 heterocycles. The molecule has 0 aliphatic carbocycles. The molecule has 1 saturated heterocycles. The Kier molecular flexibility index (Phi) is 3.45. The molecule has 0 saturated carbocycles. The van der Waals surface area contributed by atoms with E-state index >= 15 is 0 Å². The number of anilines is 2. The smallest absolute Gasteiger partial charge is 0.321 e. The van der Waals surface area contributed by atoms with Crippen molar-refractivity contribution in [3.63, 3.8) is 0 Å². The van der Waals surface area contributed by atoms with Gasteiger partial charge in [0.15, 0.2) is 0 Å². The lowest BCUT2D eigenvalue weighted by molar-refractivity contribution is 0.252. The summed E-state index contributed by atoms with van der Waals surface area (Å²) in [6.45, 7) is 2.04. The standard InChI is InChI=1S/C14H15N5O/c20-14-17-7-8-19(14)13-3-1-11(2-4-13)18-10-12-9-15-5-6-16-12/h1-6,9,18H,7-8,10H2,(H,17,20). The molecule has 0 atom stereocenters. The number of hydrogen-bond acceptors (Lipinski definition) is 4. The van der Waals surface area contributed by atoms with Crippen LogP contribution in [0.5, 0.6) is 0 Å². The second-order valence-corrected chi connectivity index (χ2v) is 4.48. The Balaban J connectivity index is 1.63. The number of carbonyl (C=O) groups is 1. The monoisotopic (exact) mass is 269 g/mol. The summed E-state index contributed by atoms with van der Waals surface area (Å²) in [5.41, 5.74) is 2.78. The number of urea groups is 1. The fraction of sp³-hybridized carbons (Fsp3) is 0.214. The molecule has 6 heteroatoms. The zero-order valence-corrected chi connectivity index (χ0v) is 10.9. The van der Waals surface area contributed by atoms with Gasteiger partial charge in [0.25, 0.3) is 0 Å². The van der Waals surface area contributed by atoms with Crippen molar-refractivity contribution < 1.29 is 4.79 Å². The zero-order valence-electron chi connectivity index (χ0n) is 10.9. The summed E-state index contributed by atoms with van der Waals surface area (Å²) in [6.07, 6.45) is 5.06. The Morgan fingerprint density at radius 3 is 2.75 bits per heavy atom. The van der Waals surface area contributed by atoms with Gasteiger partial charge >= 0.3 is 6.03 Å². The first-order valence-electron chi connectivity index (χ1n) is 6.47. The van der Waals surface area contributed by atoms with Gasteiger partial charge in [-0.05, 0) is 24.3 Å². The van der Waals surface area contributed by atoms with Gasteiger partial charge in [-0.2, -0.15) is 0 Å². The molecular formula is C14H15N5O. The SMILES string of the molecule is O=C1NCCN1c1ccc(NCc2cnccn2)cc1. The molecule has 2 N–H and O–H groups in total. The van der Waals surface area contributed by atoms with Crippen LogP contribution in [0.25, 0.3) is 0 Å². The minimum absolute atomic E-state index is 0.0368. The third-order valence-electron chi connectivity index (χ3n) is 3.13. The predicted molar refractivity (Wildman–Crippen MR) is 76.5 cm³/mol. The number of carbonyl (C=O) groups excluding carboxylic acids is 1. The van der Waals surface area contributed by atoms with Gasteiger partial charge < -0.3 is 10.6 Å². The van der Waals surface area contributed by atoms with E-state index < -0.39 is 0 Å². The number of benzene rings is 1. The van der Waals surface area contributed by atoms with Crippen molar-refractivity contribution in [2.45, 2.75) is 6.54 Å². The molecule has 0 bridgehead atoms. The van der Waals surface area contributed by atoms with Gasteiger partial charge in [-0.25, -0.2) is 4.79 Å². The summed E-state index contributed by atoms with van der Waals surface area (Å²) < 4.78 is 0. The summed E-state index contributed by atoms with van der Waals surface area (Å²) in [4.78, 5) is 21.5. The minimum Gasteiger partial charge on any atom is -0.379 e. The topological polar surface area (TPSA) is 70.2 Å². The van der Waals surface area contributed by atoms with Crippen molar-refractivity contribution in [2.75, 3.05) is 23.3 Å². The summed E-state index contributed by atoms with van der Waals surface area (Å²) >= 11 is 0. The van der Waals surface area contributed by atoms with Crippen molar-refractivity contribution in [3.05, 3.63) is 48.5 Å². The number of nitrogens with zero attached hydrogens (tertiary/aromatic N) is 3. The molecule has 1 aromatic carbocycles. The van der Waals surface area contributed by atoms with E-state index in [1.807, 2.05) is 24.3 Å². The molecule has 0 radical (unpaired) electrons. The highest BCUT2D eigenvalue weighted by molar-refractivity contribution is 5.94. The van der Waals surface area contributed by atoms with Crippen molar-refractivity contribution >= 4 is 17.4 Å². The second-order valence-electron chi connectivity index (χ2n) is 4.48. The van der Waals surface area contributed by atoms with Crippen LogP contribution in [0.2, 0.25) is 0 Å². The van der Waals surface area contributed by atoms with Gasteiger partial charge in [-0.1, -0.05) is 0 Å². The van der Waals surface area contributed by atoms with E-state index in [9.17, 15) is 4.79 Å². The van der Waals surface area contributed by atoms with Crippen LogP contribution in [0.15, 0.2) is 42.9 Å². The Morgan fingerprint density at radius 1 is 1.25 bits per heavy atom. The Morgan fingerprint density at radius 2 is 2.10 bits per heavy atom. The van der Waals surface area contributed by atoms with E-state index in [0.29, 0.717) is 19.6 Å². The molecule has 0 spiro atoms. The normalized spacial score (nSPS) is 14.2. The summed E-state index contributed by atoms with van der Waals surface area (Å²) in [5, 5.41) is 6.05. The molecule has 3 rings (SSSR count). The lowest BCUT2D eigenvalue weighted by Gasteiger charge is -2.14. The molecule has 1 aliphatic rings. The van der Waals surface area contributed by atoms with Crippen LogP contribution in [0.4, 0.5) is 16.2 Å². The largest absolute Gasteiger partial charge is 0.379 e. The Hall–Kier alpha value is -2.63. The quantitative estimate of drug-likeness (QED) is 0.885. The minimum atomic E-state index is -0.0368. The molecule has 0 unspecified atom stereocenters. The molecule has 2 aromatic rings. The van der Waals surface area contributed by atoms with E-state index in [2.05, 4.69) is 20.6 Å². The summed E-state index contributed by atoms with van der Waals surface area (Å²) in [7, 11) is 0. The van der Waals surface area contributed by atoms with E-state index in [-0.39, 0.29) is 6.03 Å². The van der Waals surface area contributed by atoms with Gasteiger partial charge in [0.1, 0.15) is 0 Å². The van der Waals surface area contributed by atoms with Gasteiger partial charge in [-0.3, -0.25) is 14.9 Å². The number of amides is 2. The fourth-order valence-corrected chi connectivity index (χ4v) is 2.09. The molecule has 102 valence electrons. The number of aromatic nitrogens is 2. The molecule has 2 amide bonds. The predicted octanol–water partition coefficient (Wildman–Crippen LogP) is 1.62. The maximum atomic E-state index is 11.6. The van der Waals surface area contributed by atoms with Crippen LogP contribution in [0.3, 0.4) is 0 Å². The van der Waals surface area contributed by atoms with Gasteiger partial charge in [-0.15, -0.1) is 0 Å². The lowest BCUT2D eigenvalue weighted by Crippen LogP contribution is -2.27. The second kappa shape index (κ2) is 5.56. The summed E-state index contributed by atoms with van der Waals surface area (Å²) in [6, 6.07) is 7.74. The van der Waals surface area contributed by atoms with Crippen molar-refractivity contribution in [1.29, 1.82) is 0 Å².